The van der Waals surface area contributed by atoms with E-state index in [9.17, 15) is 4.79 Å². The summed E-state index contributed by atoms with van der Waals surface area (Å²) < 4.78 is 5.28. The Labute approximate surface area is 124 Å². The summed E-state index contributed by atoms with van der Waals surface area (Å²) >= 11 is 5.96. The van der Waals surface area contributed by atoms with Crippen molar-refractivity contribution in [1.82, 2.24) is 10.3 Å². The van der Waals surface area contributed by atoms with Gasteiger partial charge in [-0.25, -0.2) is 4.98 Å². The first-order valence-corrected chi connectivity index (χ1v) is 7.37. The molecule has 1 amide bonds. The van der Waals surface area contributed by atoms with Crippen LogP contribution in [0.5, 0.6) is 0 Å². The molecule has 1 aliphatic rings. The second-order valence-electron chi connectivity index (χ2n) is 4.85. The lowest BCUT2D eigenvalue weighted by Gasteiger charge is -2.23. The predicted molar refractivity (Wildman–Crippen MR) is 79.3 cm³/mol. The van der Waals surface area contributed by atoms with Crippen molar-refractivity contribution in [2.75, 3.05) is 25.1 Å². The van der Waals surface area contributed by atoms with Gasteiger partial charge in [-0.15, -0.1) is 0 Å². The molecule has 0 bridgehead atoms. The zero-order chi connectivity index (χ0) is 14.4. The van der Waals surface area contributed by atoms with E-state index in [-0.39, 0.29) is 11.9 Å². The Kier molecular flexibility index (Phi) is 5.61. The van der Waals surface area contributed by atoms with Crippen molar-refractivity contribution in [3.8, 4) is 0 Å². The van der Waals surface area contributed by atoms with Crippen LogP contribution in [0.2, 0.25) is 5.15 Å². The van der Waals surface area contributed by atoms with Crippen LogP contribution in [0.25, 0.3) is 0 Å². The van der Waals surface area contributed by atoms with Gasteiger partial charge < -0.3 is 15.4 Å². The molecule has 2 rings (SSSR count). The van der Waals surface area contributed by atoms with Crippen LogP contribution in [-0.4, -0.2) is 36.7 Å². The molecule has 2 heterocycles. The molecule has 1 aliphatic heterocycles. The topological polar surface area (TPSA) is 63.2 Å². The molecule has 0 spiro atoms. The lowest BCUT2D eigenvalue weighted by atomic mass is 10.1. The van der Waals surface area contributed by atoms with Gasteiger partial charge in [0.1, 0.15) is 11.0 Å². The highest BCUT2D eigenvalue weighted by molar-refractivity contribution is 6.29. The molecule has 1 fully saturated rings. The van der Waals surface area contributed by atoms with Gasteiger partial charge in [0.05, 0.1) is 0 Å². The maximum atomic E-state index is 12.2. The normalized spacial score (nSPS) is 15.9. The van der Waals surface area contributed by atoms with E-state index in [1.165, 1.54) is 0 Å². The van der Waals surface area contributed by atoms with Gasteiger partial charge in [-0.1, -0.05) is 18.5 Å². The Bertz CT molecular complexity index is 462. The molecule has 110 valence electrons. The molecule has 6 heteroatoms. The Morgan fingerprint density at radius 2 is 2.20 bits per heavy atom. The molecule has 0 aliphatic carbocycles. The molecule has 1 aromatic rings. The number of halogens is 1. The molecule has 1 saturated heterocycles. The summed E-state index contributed by atoms with van der Waals surface area (Å²) in [5.41, 5.74) is 0.537. The van der Waals surface area contributed by atoms with Gasteiger partial charge in [-0.05, 0) is 31.4 Å². The number of nitrogens with one attached hydrogen (secondary N) is 2. The van der Waals surface area contributed by atoms with Crippen LogP contribution >= 0.6 is 11.6 Å². The minimum absolute atomic E-state index is 0.110. The highest BCUT2D eigenvalue weighted by Crippen LogP contribution is 2.15. The van der Waals surface area contributed by atoms with Crippen molar-refractivity contribution >= 4 is 23.3 Å². The number of rotatable bonds is 5. The number of nitrogens with zero attached hydrogens (tertiary/aromatic N) is 1. The monoisotopic (exact) mass is 297 g/mol. The molecule has 1 aromatic heterocycles. The van der Waals surface area contributed by atoms with Crippen LogP contribution in [0, 0.1) is 0 Å². The van der Waals surface area contributed by atoms with Crippen LogP contribution in [-0.2, 0) is 4.74 Å². The fraction of sp³-hybridized carbons (Fsp3) is 0.571. The number of ether oxygens (including phenoxy) is 1. The molecule has 20 heavy (non-hydrogen) atoms. The lowest BCUT2D eigenvalue weighted by molar-refractivity contribution is 0.0696. The molecule has 5 nitrogen and oxygen atoms in total. The van der Waals surface area contributed by atoms with Gasteiger partial charge in [0.25, 0.3) is 5.91 Å². The first kappa shape index (κ1) is 15.1. The molecular formula is C14H20ClN3O2. The number of pyridine rings is 1. The van der Waals surface area contributed by atoms with Crippen LogP contribution in [0.1, 0.15) is 36.5 Å². The molecule has 2 N–H and O–H groups in total. The second kappa shape index (κ2) is 7.45. The molecule has 0 saturated carbocycles. The van der Waals surface area contributed by atoms with Crippen molar-refractivity contribution in [2.45, 2.75) is 32.2 Å². The van der Waals surface area contributed by atoms with E-state index in [4.69, 9.17) is 16.3 Å². The maximum Gasteiger partial charge on any atom is 0.251 e. The van der Waals surface area contributed by atoms with E-state index in [0.717, 1.165) is 25.8 Å². The number of carbonyl (C=O) groups excluding carboxylic acids is 1. The highest BCUT2D eigenvalue weighted by Gasteiger charge is 2.17. The fourth-order valence-electron chi connectivity index (χ4n) is 2.08. The van der Waals surface area contributed by atoms with E-state index < -0.39 is 0 Å². The van der Waals surface area contributed by atoms with E-state index in [1.807, 2.05) is 0 Å². The summed E-state index contributed by atoms with van der Waals surface area (Å²) in [6.07, 6.45) is 2.69. The van der Waals surface area contributed by atoms with Gasteiger partial charge in [-0.2, -0.15) is 0 Å². The predicted octanol–water partition coefficient (Wildman–Crippen LogP) is 2.47. The average molecular weight is 298 g/mol. The Morgan fingerprint density at radius 3 is 2.90 bits per heavy atom. The number of aromatic nitrogens is 1. The van der Waals surface area contributed by atoms with Crippen LogP contribution in [0.3, 0.4) is 0 Å². The zero-order valence-corrected chi connectivity index (χ0v) is 12.4. The summed E-state index contributed by atoms with van der Waals surface area (Å²) in [4.78, 5) is 16.4. The third-order valence-corrected chi connectivity index (χ3v) is 3.36. The molecule has 0 unspecified atom stereocenters. The quantitative estimate of drug-likeness (QED) is 0.820. The number of hydrogen-bond acceptors (Lipinski definition) is 4. The van der Waals surface area contributed by atoms with Crippen LogP contribution < -0.4 is 10.6 Å². The van der Waals surface area contributed by atoms with Gasteiger partial charge in [-0.3, -0.25) is 4.79 Å². The Hall–Kier alpha value is -1.33. The van der Waals surface area contributed by atoms with Crippen molar-refractivity contribution in [3.63, 3.8) is 0 Å². The smallest absolute Gasteiger partial charge is 0.251 e. The van der Waals surface area contributed by atoms with Crippen LogP contribution in [0.4, 0.5) is 5.82 Å². The molecule has 0 radical (unpaired) electrons. The summed E-state index contributed by atoms with van der Waals surface area (Å²) in [6.45, 7) is 4.27. The molecule has 0 aromatic carbocycles. The minimum atomic E-state index is -0.110. The summed E-state index contributed by atoms with van der Waals surface area (Å²) in [5, 5.41) is 6.47. The van der Waals surface area contributed by atoms with Gasteiger partial charge >= 0.3 is 0 Å². The largest absolute Gasteiger partial charge is 0.381 e. The van der Waals surface area contributed by atoms with Gasteiger partial charge in [0.15, 0.2) is 0 Å². The Morgan fingerprint density at radius 1 is 1.45 bits per heavy atom. The van der Waals surface area contributed by atoms with Crippen molar-refractivity contribution in [3.05, 3.63) is 22.8 Å². The summed E-state index contributed by atoms with van der Waals surface area (Å²) in [6, 6.07) is 3.50. The lowest BCUT2D eigenvalue weighted by Crippen LogP contribution is -2.38. The van der Waals surface area contributed by atoms with Gasteiger partial charge in [0.2, 0.25) is 0 Å². The number of anilines is 1. The number of amides is 1. The second-order valence-corrected chi connectivity index (χ2v) is 5.24. The third kappa shape index (κ3) is 4.35. The number of carbonyl (C=O) groups is 1. The van der Waals surface area contributed by atoms with E-state index in [2.05, 4.69) is 22.5 Å². The first-order chi connectivity index (χ1) is 9.69. The van der Waals surface area contributed by atoms with Crippen molar-refractivity contribution in [1.29, 1.82) is 0 Å². The fourth-order valence-corrected chi connectivity index (χ4v) is 2.29. The Balaban J connectivity index is 2.02. The summed E-state index contributed by atoms with van der Waals surface area (Å²) in [7, 11) is 0. The van der Waals surface area contributed by atoms with Crippen molar-refractivity contribution in [2.24, 2.45) is 0 Å². The molecule has 0 atom stereocenters. The van der Waals surface area contributed by atoms with E-state index in [0.29, 0.717) is 29.7 Å². The van der Waals surface area contributed by atoms with Crippen molar-refractivity contribution < 1.29 is 9.53 Å². The van der Waals surface area contributed by atoms with E-state index in [1.54, 1.807) is 12.1 Å². The third-order valence-electron chi connectivity index (χ3n) is 3.17. The zero-order valence-electron chi connectivity index (χ0n) is 11.6. The first-order valence-electron chi connectivity index (χ1n) is 6.99. The SMILES string of the molecule is CCCNc1cc(C(=O)NC2CCOCC2)cc(Cl)n1. The van der Waals surface area contributed by atoms with E-state index >= 15 is 0 Å². The summed E-state index contributed by atoms with van der Waals surface area (Å²) in [5.74, 6) is 0.525. The maximum absolute atomic E-state index is 12.2. The van der Waals surface area contributed by atoms with Gasteiger partial charge in [0, 0.05) is 31.4 Å². The standard InChI is InChI=1S/C14H20ClN3O2/c1-2-5-16-13-9-10(8-12(15)18-13)14(19)17-11-3-6-20-7-4-11/h8-9,11H,2-7H2,1H3,(H,16,18)(H,17,19). The molecular weight excluding hydrogens is 278 g/mol. The average Bonchev–Trinajstić information content (AvgIpc) is 2.45. The highest BCUT2D eigenvalue weighted by atomic mass is 35.5. The van der Waals surface area contributed by atoms with Crippen LogP contribution in [0.15, 0.2) is 12.1 Å². The number of hydrogen-bond donors (Lipinski definition) is 2. The minimum Gasteiger partial charge on any atom is -0.381 e.